The fraction of sp³-hybridized carbons (Fsp3) is 0.222. The molecule has 0 radical (unpaired) electrons. The third-order valence-electron chi connectivity index (χ3n) is 1.40. The molecule has 70 valence electrons. The second-order valence-corrected chi connectivity index (χ2v) is 2.30. The monoisotopic (exact) mass is 185 g/mol. The molecule has 0 aliphatic heterocycles. The third kappa shape index (κ3) is 2.82. The highest BCUT2D eigenvalue weighted by molar-refractivity contribution is 5.83. The quantitative estimate of drug-likeness (QED) is 0.662. The molecular weight excluding hydrogens is 176 g/mol. The van der Waals surface area contributed by atoms with E-state index in [9.17, 15) is 8.78 Å². The summed E-state index contributed by atoms with van der Waals surface area (Å²) in [5, 5.41) is 0. The van der Waals surface area contributed by atoms with Crippen molar-refractivity contribution in [3.8, 4) is 5.75 Å². The highest BCUT2D eigenvalue weighted by Gasteiger charge is 2.06. The van der Waals surface area contributed by atoms with Gasteiger partial charge >= 0.3 is 6.61 Å². The summed E-state index contributed by atoms with van der Waals surface area (Å²) < 4.78 is 28.0. The predicted molar refractivity (Wildman–Crippen MR) is 46.6 cm³/mol. The minimum atomic E-state index is -2.80. The van der Waals surface area contributed by atoms with Crippen LogP contribution in [0, 0.1) is 0 Å². The molecule has 1 rings (SSSR count). The Morgan fingerprint density at radius 2 is 2.08 bits per heavy atom. The first kappa shape index (κ1) is 9.64. The second kappa shape index (κ2) is 4.54. The predicted octanol–water partition coefficient (Wildman–Crippen LogP) is 2.34. The Labute approximate surface area is 74.9 Å². The molecule has 0 saturated carbocycles. The van der Waals surface area contributed by atoms with E-state index in [1.165, 1.54) is 12.3 Å². The molecule has 0 spiro atoms. The van der Waals surface area contributed by atoms with Crippen molar-refractivity contribution < 1.29 is 13.5 Å². The Kier molecular flexibility index (Phi) is 3.37. The van der Waals surface area contributed by atoms with Gasteiger partial charge in [0, 0.05) is 18.8 Å². The lowest BCUT2D eigenvalue weighted by atomic mass is 10.2. The van der Waals surface area contributed by atoms with Gasteiger partial charge in [0.1, 0.15) is 5.75 Å². The number of hydrogen-bond acceptors (Lipinski definition) is 2. The zero-order valence-corrected chi connectivity index (χ0v) is 7.08. The van der Waals surface area contributed by atoms with Gasteiger partial charge in [0.2, 0.25) is 0 Å². The van der Waals surface area contributed by atoms with Crippen molar-refractivity contribution >= 4 is 6.21 Å². The maximum atomic E-state index is 11.9. The van der Waals surface area contributed by atoms with Crippen LogP contribution in [0.1, 0.15) is 5.56 Å². The summed E-state index contributed by atoms with van der Waals surface area (Å²) in [7, 11) is 1.57. The summed E-state index contributed by atoms with van der Waals surface area (Å²) >= 11 is 0. The largest absolute Gasteiger partial charge is 0.434 e. The van der Waals surface area contributed by atoms with Crippen LogP contribution < -0.4 is 4.74 Å². The molecule has 4 heteroatoms. The molecule has 0 saturated heterocycles. The van der Waals surface area contributed by atoms with E-state index in [4.69, 9.17) is 0 Å². The van der Waals surface area contributed by atoms with E-state index in [0.717, 1.165) is 0 Å². The molecule has 1 aromatic rings. The van der Waals surface area contributed by atoms with Gasteiger partial charge in [0.25, 0.3) is 0 Å². The second-order valence-electron chi connectivity index (χ2n) is 2.30. The van der Waals surface area contributed by atoms with Gasteiger partial charge in [0.15, 0.2) is 0 Å². The van der Waals surface area contributed by atoms with Gasteiger partial charge < -0.3 is 4.74 Å². The van der Waals surface area contributed by atoms with Crippen molar-refractivity contribution in [1.82, 2.24) is 0 Å². The maximum absolute atomic E-state index is 11.9. The molecule has 0 fully saturated rings. The Balaban J connectivity index is 2.90. The Hall–Kier alpha value is -1.45. The first-order chi connectivity index (χ1) is 6.24. The fourth-order valence-corrected chi connectivity index (χ4v) is 0.930. The lowest BCUT2D eigenvalue weighted by molar-refractivity contribution is -0.0499. The van der Waals surface area contributed by atoms with Gasteiger partial charge in [-0.1, -0.05) is 12.1 Å². The number of benzene rings is 1. The molecule has 1 aromatic carbocycles. The molecule has 0 aromatic heterocycles. The minimum Gasteiger partial charge on any atom is -0.434 e. The van der Waals surface area contributed by atoms with Gasteiger partial charge in [0.05, 0.1) is 0 Å². The van der Waals surface area contributed by atoms with Crippen LogP contribution in [-0.4, -0.2) is 19.9 Å². The van der Waals surface area contributed by atoms with Crippen molar-refractivity contribution in [2.45, 2.75) is 6.61 Å². The van der Waals surface area contributed by atoms with E-state index in [0.29, 0.717) is 5.56 Å². The molecule has 0 bridgehead atoms. The highest BCUT2D eigenvalue weighted by atomic mass is 19.3. The van der Waals surface area contributed by atoms with Crippen molar-refractivity contribution in [2.24, 2.45) is 4.99 Å². The number of halogens is 2. The average Bonchev–Trinajstić information content (AvgIpc) is 2.08. The van der Waals surface area contributed by atoms with Crippen LogP contribution in [0.3, 0.4) is 0 Å². The number of hydrogen-bond donors (Lipinski definition) is 0. The van der Waals surface area contributed by atoms with Gasteiger partial charge in [-0.2, -0.15) is 8.78 Å². The van der Waals surface area contributed by atoms with E-state index < -0.39 is 6.61 Å². The lowest BCUT2D eigenvalue weighted by Crippen LogP contribution is -2.03. The van der Waals surface area contributed by atoms with E-state index in [1.54, 1.807) is 25.2 Å². The summed E-state index contributed by atoms with van der Waals surface area (Å²) in [4.78, 5) is 3.72. The van der Waals surface area contributed by atoms with Gasteiger partial charge in [-0.05, 0) is 12.1 Å². The number of aliphatic imine (C=N–C) groups is 1. The first-order valence-electron chi connectivity index (χ1n) is 3.70. The van der Waals surface area contributed by atoms with Crippen molar-refractivity contribution in [1.29, 1.82) is 0 Å². The van der Waals surface area contributed by atoms with E-state index in [-0.39, 0.29) is 5.75 Å². The zero-order chi connectivity index (χ0) is 9.68. The minimum absolute atomic E-state index is 0.142. The maximum Gasteiger partial charge on any atom is 0.387 e. The Bertz CT molecular complexity index is 299. The summed E-state index contributed by atoms with van der Waals surface area (Å²) in [5.74, 6) is 0.142. The molecular formula is C9H9F2NO. The van der Waals surface area contributed by atoms with Gasteiger partial charge in [-0.25, -0.2) is 0 Å². The Morgan fingerprint density at radius 3 is 2.69 bits per heavy atom. The number of para-hydroxylation sites is 1. The first-order valence-corrected chi connectivity index (χ1v) is 3.70. The molecule has 2 nitrogen and oxygen atoms in total. The smallest absolute Gasteiger partial charge is 0.387 e. The number of alkyl halides is 2. The fourth-order valence-electron chi connectivity index (χ4n) is 0.930. The van der Waals surface area contributed by atoms with Crippen molar-refractivity contribution in [3.05, 3.63) is 29.8 Å². The van der Waals surface area contributed by atoms with E-state index in [2.05, 4.69) is 9.73 Å². The van der Waals surface area contributed by atoms with Crippen LogP contribution in [0.4, 0.5) is 8.78 Å². The zero-order valence-electron chi connectivity index (χ0n) is 7.08. The van der Waals surface area contributed by atoms with Crippen LogP contribution in [0.2, 0.25) is 0 Å². The topological polar surface area (TPSA) is 21.6 Å². The molecule has 0 aliphatic rings. The van der Waals surface area contributed by atoms with E-state index >= 15 is 0 Å². The van der Waals surface area contributed by atoms with E-state index in [1.807, 2.05) is 0 Å². The van der Waals surface area contributed by atoms with Crippen LogP contribution in [0.25, 0.3) is 0 Å². The third-order valence-corrected chi connectivity index (χ3v) is 1.40. The molecule has 0 aliphatic carbocycles. The Morgan fingerprint density at radius 1 is 1.38 bits per heavy atom. The van der Waals surface area contributed by atoms with Crippen LogP contribution in [0.15, 0.2) is 29.3 Å². The lowest BCUT2D eigenvalue weighted by Gasteiger charge is -2.06. The summed E-state index contributed by atoms with van der Waals surface area (Å²) in [5.41, 5.74) is 0.547. The normalized spacial score (nSPS) is 11.1. The van der Waals surface area contributed by atoms with Gasteiger partial charge in [-0.3, -0.25) is 4.99 Å². The van der Waals surface area contributed by atoms with Crippen LogP contribution in [-0.2, 0) is 0 Å². The van der Waals surface area contributed by atoms with Crippen LogP contribution >= 0.6 is 0 Å². The number of rotatable bonds is 3. The summed E-state index contributed by atoms with van der Waals surface area (Å²) in [6.45, 7) is -2.80. The number of ether oxygens (including phenoxy) is 1. The summed E-state index contributed by atoms with van der Waals surface area (Å²) in [6.07, 6.45) is 1.47. The van der Waals surface area contributed by atoms with Crippen molar-refractivity contribution in [3.63, 3.8) is 0 Å². The standard InChI is InChI=1S/C9H9F2NO/c1-12-6-7-4-2-3-5-8(7)13-9(10)11/h2-6,9H,1H3. The molecule has 0 unspecified atom stereocenters. The SMILES string of the molecule is CN=Cc1ccccc1OC(F)F. The molecule has 13 heavy (non-hydrogen) atoms. The highest BCUT2D eigenvalue weighted by Crippen LogP contribution is 2.17. The summed E-state index contributed by atoms with van der Waals surface area (Å²) in [6, 6.07) is 6.49. The molecule has 0 heterocycles. The number of nitrogens with zero attached hydrogens (tertiary/aromatic N) is 1. The van der Waals surface area contributed by atoms with Crippen molar-refractivity contribution in [2.75, 3.05) is 7.05 Å². The molecule has 0 N–H and O–H groups in total. The molecule has 0 amide bonds. The average molecular weight is 185 g/mol. The van der Waals surface area contributed by atoms with Crippen LogP contribution in [0.5, 0.6) is 5.75 Å². The van der Waals surface area contributed by atoms with Gasteiger partial charge in [-0.15, -0.1) is 0 Å². The molecule has 0 atom stereocenters.